The zero-order valence-corrected chi connectivity index (χ0v) is 13.7. The van der Waals surface area contributed by atoms with Crippen LogP contribution in [0.25, 0.3) is 0 Å². The van der Waals surface area contributed by atoms with Crippen LogP contribution in [0.1, 0.15) is 34.0 Å². The van der Waals surface area contributed by atoms with E-state index in [1.165, 1.54) is 11.3 Å². The lowest BCUT2D eigenvalue weighted by atomic mass is 10.1. The molecule has 114 valence electrons. The van der Waals surface area contributed by atoms with Gasteiger partial charge in [-0.25, -0.2) is 18.1 Å². The van der Waals surface area contributed by atoms with E-state index >= 15 is 0 Å². The predicted octanol–water partition coefficient (Wildman–Crippen LogP) is 2.09. The van der Waals surface area contributed by atoms with E-state index in [-0.39, 0.29) is 11.8 Å². The van der Waals surface area contributed by atoms with E-state index in [2.05, 4.69) is 9.71 Å². The van der Waals surface area contributed by atoms with Crippen LogP contribution in [-0.4, -0.2) is 13.4 Å². The molecule has 0 radical (unpaired) electrons. The van der Waals surface area contributed by atoms with Crippen molar-refractivity contribution in [3.63, 3.8) is 0 Å². The summed E-state index contributed by atoms with van der Waals surface area (Å²) >= 11 is 1.49. The summed E-state index contributed by atoms with van der Waals surface area (Å²) in [7, 11) is -3.42. The van der Waals surface area contributed by atoms with E-state index in [1.54, 1.807) is 19.2 Å². The smallest absolute Gasteiger partial charge is 0.216 e. The summed E-state index contributed by atoms with van der Waals surface area (Å²) in [6, 6.07) is 6.98. The maximum atomic E-state index is 12.2. The number of hydrogen-bond acceptors (Lipinski definition) is 5. The van der Waals surface area contributed by atoms with Gasteiger partial charge >= 0.3 is 0 Å². The highest BCUT2D eigenvalue weighted by atomic mass is 32.2. The third kappa shape index (κ3) is 4.60. The topological polar surface area (TPSA) is 85.1 Å². The number of sulfonamides is 1. The molecule has 1 aromatic carbocycles. The van der Waals surface area contributed by atoms with Crippen molar-refractivity contribution in [3.05, 3.63) is 51.5 Å². The first-order valence-corrected chi connectivity index (χ1v) is 9.07. The van der Waals surface area contributed by atoms with Gasteiger partial charge in [-0.2, -0.15) is 0 Å². The van der Waals surface area contributed by atoms with E-state index in [0.29, 0.717) is 6.54 Å². The van der Waals surface area contributed by atoms with Crippen molar-refractivity contribution in [1.82, 2.24) is 9.71 Å². The molecule has 2 rings (SSSR count). The number of nitrogens with zero attached hydrogens (tertiary/aromatic N) is 1. The second-order valence-electron chi connectivity index (χ2n) is 4.93. The molecule has 0 fully saturated rings. The van der Waals surface area contributed by atoms with Crippen molar-refractivity contribution in [1.29, 1.82) is 0 Å². The molecule has 0 aliphatic rings. The number of rotatable bonds is 6. The zero-order chi connectivity index (χ0) is 15.5. The molecular weight excluding hydrogens is 306 g/mol. The van der Waals surface area contributed by atoms with Crippen LogP contribution in [0.5, 0.6) is 0 Å². The molecule has 0 saturated carbocycles. The Morgan fingerprint density at radius 2 is 2.10 bits per heavy atom. The van der Waals surface area contributed by atoms with Crippen LogP contribution in [0, 0.1) is 6.92 Å². The van der Waals surface area contributed by atoms with E-state index in [0.717, 1.165) is 21.0 Å². The Morgan fingerprint density at radius 3 is 2.71 bits per heavy atom. The van der Waals surface area contributed by atoms with Gasteiger partial charge < -0.3 is 5.73 Å². The van der Waals surface area contributed by atoms with Gasteiger partial charge in [-0.05, 0) is 25.0 Å². The SMILES string of the molecule is Cc1cnc(C(C)NS(=O)(=O)Cc2cccc(CN)c2)s1. The standard InChI is InChI=1S/C14H19N3O2S2/c1-10-8-16-14(20-10)11(2)17-21(18,19)9-13-5-3-4-12(6-13)7-15/h3-6,8,11,17H,7,9,15H2,1-2H3. The molecular formula is C14H19N3O2S2. The van der Waals surface area contributed by atoms with Crippen molar-refractivity contribution in [3.8, 4) is 0 Å². The molecule has 1 heterocycles. The van der Waals surface area contributed by atoms with E-state index in [9.17, 15) is 8.42 Å². The molecule has 0 amide bonds. The number of thiazole rings is 1. The molecule has 3 N–H and O–H groups in total. The first-order valence-electron chi connectivity index (χ1n) is 6.60. The van der Waals surface area contributed by atoms with E-state index < -0.39 is 10.0 Å². The van der Waals surface area contributed by atoms with Crippen molar-refractivity contribution < 1.29 is 8.42 Å². The van der Waals surface area contributed by atoms with Crippen LogP contribution in [0.4, 0.5) is 0 Å². The van der Waals surface area contributed by atoms with Crippen molar-refractivity contribution >= 4 is 21.4 Å². The Bertz CT molecular complexity index is 711. The van der Waals surface area contributed by atoms with Gasteiger partial charge in [-0.15, -0.1) is 11.3 Å². The molecule has 0 aliphatic carbocycles. The fourth-order valence-electron chi connectivity index (χ4n) is 2.00. The first-order chi connectivity index (χ1) is 9.89. The summed E-state index contributed by atoms with van der Waals surface area (Å²) in [5.74, 6) is -0.0600. The van der Waals surface area contributed by atoms with Gasteiger partial charge in [0.2, 0.25) is 10.0 Å². The molecule has 1 aromatic heterocycles. The number of hydrogen-bond donors (Lipinski definition) is 2. The maximum absolute atomic E-state index is 12.2. The Hall–Kier alpha value is -1.28. The monoisotopic (exact) mass is 325 g/mol. The normalized spacial score (nSPS) is 13.3. The quantitative estimate of drug-likeness (QED) is 0.851. The lowest BCUT2D eigenvalue weighted by molar-refractivity contribution is 0.565. The van der Waals surface area contributed by atoms with Crippen molar-refractivity contribution in [2.24, 2.45) is 5.73 Å². The van der Waals surface area contributed by atoms with Crippen LogP contribution >= 0.6 is 11.3 Å². The molecule has 0 aliphatic heterocycles. The summed E-state index contributed by atoms with van der Waals surface area (Å²) in [5, 5.41) is 0.770. The number of benzene rings is 1. The van der Waals surface area contributed by atoms with Gasteiger partial charge in [0.25, 0.3) is 0 Å². The van der Waals surface area contributed by atoms with Gasteiger partial charge in [-0.3, -0.25) is 0 Å². The zero-order valence-electron chi connectivity index (χ0n) is 12.0. The van der Waals surface area contributed by atoms with Crippen LogP contribution in [0.15, 0.2) is 30.5 Å². The van der Waals surface area contributed by atoms with E-state index in [4.69, 9.17) is 5.73 Å². The molecule has 7 heteroatoms. The molecule has 0 saturated heterocycles. The molecule has 0 bridgehead atoms. The molecule has 1 unspecified atom stereocenters. The van der Waals surface area contributed by atoms with E-state index in [1.807, 2.05) is 25.1 Å². The second kappa shape index (κ2) is 6.65. The van der Waals surface area contributed by atoms with Crippen LogP contribution in [0.3, 0.4) is 0 Å². The van der Waals surface area contributed by atoms with Gasteiger partial charge in [0.15, 0.2) is 0 Å². The van der Waals surface area contributed by atoms with Gasteiger partial charge in [-0.1, -0.05) is 24.3 Å². The summed E-state index contributed by atoms with van der Waals surface area (Å²) in [6.45, 7) is 4.14. The summed E-state index contributed by atoms with van der Waals surface area (Å²) in [5.41, 5.74) is 7.22. The van der Waals surface area contributed by atoms with Gasteiger partial charge in [0.05, 0.1) is 11.8 Å². The Labute approximate surface area is 129 Å². The second-order valence-corrected chi connectivity index (χ2v) is 7.95. The molecule has 21 heavy (non-hydrogen) atoms. The predicted molar refractivity (Wildman–Crippen MR) is 85.4 cm³/mol. The van der Waals surface area contributed by atoms with Gasteiger partial charge in [0, 0.05) is 17.6 Å². The first kappa shape index (κ1) is 16.1. The minimum Gasteiger partial charge on any atom is -0.326 e. The Kier molecular flexibility index (Phi) is 5.10. The number of nitrogens with two attached hydrogens (primary N) is 1. The lowest BCUT2D eigenvalue weighted by Crippen LogP contribution is -2.28. The minimum atomic E-state index is -3.42. The fraction of sp³-hybridized carbons (Fsp3) is 0.357. The van der Waals surface area contributed by atoms with Crippen molar-refractivity contribution in [2.45, 2.75) is 32.2 Å². The third-order valence-corrected chi connectivity index (χ3v) is 5.47. The average Bonchev–Trinajstić information content (AvgIpc) is 2.84. The fourth-order valence-corrected chi connectivity index (χ4v) is 4.20. The van der Waals surface area contributed by atoms with Crippen LogP contribution in [-0.2, 0) is 22.3 Å². The Balaban J connectivity index is 2.07. The number of nitrogens with one attached hydrogen (secondary N) is 1. The number of aromatic nitrogens is 1. The molecule has 1 atom stereocenters. The molecule has 2 aromatic rings. The highest BCUT2D eigenvalue weighted by Gasteiger charge is 2.18. The molecule has 5 nitrogen and oxygen atoms in total. The number of aryl methyl sites for hydroxylation is 1. The Morgan fingerprint density at radius 1 is 1.38 bits per heavy atom. The third-order valence-electron chi connectivity index (χ3n) is 2.95. The molecule has 0 spiro atoms. The highest BCUT2D eigenvalue weighted by molar-refractivity contribution is 7.88. The minimum absolute atomic E-state index is 0.0600. The summed E-state index contributed by atoms with van der Waals surface area (Å²) in [6.07, 6.45) is 1.75. The lowest BCUT2D eigenvalue weighted by Gasteiger charge is -2.12. The maximum Gasteiger partial charge on any atom is 0.216 e. The average molecular weight is 325 g/mol. The summed E-state index contributed by atoms with van der Waals surface area (Å²) < 4.78 is 27.1. The van der Waals surface area contributed by atoms with Crippen LogP contribution in [0.2, 0.25) is 0 Å². The largest absolute Gasteiger partial charge is 0.326 e. The highest BCUT2D eigenvalue weighted by Crippen LogP contribution is 2.20. The van der Waals surface area contributed by atoms with Gasteiger partial charge in [0.1, 0.15) is 5.01 Å². The van der Waals surface area contributed by atoms with Crippen molar-refractivity contribution in [2.75, 3.05) is 0 Å². The van der Waals surface area contributed by atoms with Crippen LogP contribution < -0.4 is 10.5 Å². The summed E-state index contributed by atoms with van der Waals surface area (Å²) in [4.78, 5) is 5.27.